The second-order valence-electron chi connectivity index (χ2n) is 3.20. The average molecular weight is 312 g/mol. The van der Waals surface area contributed by atoms with Gasteiger partial charge in [0.05, 0.1) is 4.47 Å². The topological polar surface area (TPSA) is 89.6 Å². The molecule has 0 aliphatic carbocycles. The van der Waals surface area contributed by atoms with E-state index in [2.05, 4.69) is 25.6 Å². The Labute approximate surface area is 109 Å². The minimum absolute atomic E-state index is 0.205. The summed E-state index contributed by atoms with van der Waals surface area (Å²) in [5.41, 5.74) is -0.205. The largest absolute Gasteiger partial charge is 0.475 e. The van der Waals surface area contributed by atoms with Crippen molar-refractivity contribution >= 4 is 27.9 Å². The summed E-state index contributed by atoms with van der Waals surface area (Å²) in [6.07, 6.45) is 0. The Balaban J connectivity index is 2.17. The zero-order chi connectivity index (χ0) is 13.1. The van der Waals surface area contributed by atoms with Gasteiger partial charge in [0.15, 0.2) is 5.69 Å². The van der Waals surface area contributed by atoms with E-state index in [1.165, 1.54) is 0 Å². The molecule has 1 aromatic heterocycles. The highest BCUT2D eigenvalue weighted by Crippen LogP contribution is 2.24. The van der Waals surface area contributed by atoms with Gasteiger partial charge < -0.3 is 14.4 Å². The van der Waals surface area contributed by atoms with Crippen LogP contribution in [0.2, 0.25) is 0 Å². The smallest absolute Gasteiger partial charge is 0.374 e. The Hall–Kier alpha value is -2.15. The molecule has 0 spiro atoms. The first kappa shape index (κ1) is 12.3. The summed E-state index contributed by atoms with van der Waals surface area (Å²) in [7, 11) is 0. The fourth-order valence-corrected chi connectivity index (χ4v) is 1.52. The molecular formula is C11H6BrNO5. The normalized spacial score (nSPS) is 10.1. The molecule has 0 radical (unpaired) electrons. The van der Waals surface area contributed by atoms with Gasteiger partial charge in [0, 0.05) is 6.07 Å². The van der Waals surface area contributed by atoms with Crippen LogP contribution in [0.25, 0.3) is 0 Å². The number of ether oxygens (including phenoxy) is 1. The molecule has 1 heterocycles. The molecule has 0 aliphatic rings. The van der Waals surface area contributed by atoms with Crippen molar-refractivity contribution in [3.63, 3.8) is 0 Å². The van der Waals surface area contributed by atoms with E-state index in [1.54, 1.807) is 24.3 Å². The molecule has 0 amide bonds. The summed E-state index contributed by atoms with van der Waals surface area (Å²) < 4.78 is 10.1. The second-order valence-corrected chi connectivity index (χ2v) is 4.06. The van der Waals surface area contributed by atoms with E-state index in [4.69, 9.17) is 9.84 Å². The van der Waals surface area contributed by atoms with Gasteiger partial charge in [0.2, 0.25) is 5.76 Å². The number of benzene rings is 1. The Morgan fingerprint density at radius 1 is 1.33 bits per heavy atom. The monoisotopic (exact) mass is 311 g/mol. The maximum Gasteiger partial charge on any atom is 0.374 e. The molecule has 0 aliphatic heterocycles. The van der Waals surface area contributed by atoms with E-state index in [-0.39, 0.29) is 5.69 Å². The average Bonchev–Trinajstić information content (AvgIpc) is 2.81. The van der Waals surface area contributed by atoms with Gasteiger partial charge in [0.25, 0.3) is 0 Å². The number of halogens is 1. The lowest BCUT2D eigenvalue weighted by Crippen LogP contribution is -2.09. The molecule has 0 unspecified atom stereocenters. The predicted octanol–water partition coefficient (Wildman–Crippen LogP) is 2.35. The molecule has 92 valence electrons. The summed E-state index contributed by atoms with van der Waals surface area (Å²) in [5, 5.41) is 11.9. The predicted molar refractivity (Wildman–Crippen MR) is 62.6 cm³/mol. The number of para-hydroxylation sites is 1. The van der Waals surface area contributed by atoms with Gasteiger partial charge in [-0.25, -0.2) is 9.59 Å². The number of hydrogen-bond acceptors (Lipinski definition) is 5. The molecule has 0 saturated heterocycles. The molecule has 0 bridgehead atoms. The van der Waals surface area contributed by atoms with Crippen molar-refractivity contribution in [1.82, 2.24) is 5.16 Å². The maximum atomic E-state index is 11.6. The Morgan fingerprint density at radius 2 is 2.06 bits per heavy atom. The van der Waals surface area contributed by atoms with Crippen LogP contribution in [0.1, 0.15) is 21.0 Å². The van der Waals surface area contributed by atoms with Crippen LogP contribution in [0.3, 0.4) is 0 Å². The molecule has 1 N–H and O–H groups in total. The molecule has 0 saturated carbocycles. The first-order valence-electron chi connectivity index (χ1n) is 4.74. The number of hydrogen-bond donors (Lipinski definition) is 1. The van der Waals surface area contributed by atoms with E-state index >= 15 is 0 Å². The van der Waals surface area contributed by atoms with E-state index < -0.39 is 17.7 Å². The second kappa shape index (κ2) is 5.01. The Kier molecular flexibility index (Phi) is 3.42. The van der Waals surface area contributed by atoms with Crippen LogP contribution in [-0.2, 0) is 0 Å². The highest BCUT2D eigenvalue weighted by atomic mass is 79.9. The zero-order valence-corrected chi connectivity index (χ0v) is 10.4. The quantitative estimate of drug-likeness (QED) is 0.691. The van der Waals surface area contributed by atoms with E-state index in [0.29, 0.717) is 10.2 Å². The number of nitrogens with zero attached hydrogens (tertiary/aromatic N) is 1. The van der Waals surface area contributed by atoms with E-state index in [1.807, 2.05) is 0 Å². The molecule has 18 heavy (non-hydrogen) atoms. The first-order valence-corrected chi connectivity index (χ1v) is 5.54. The van der Waals surface area contributed by atoms with Crippen molar-refractivity contribution in [1.29, 1.82) is 0 Å². The molecule has 7 heteroatoms. The first-order chi connectivity index (χ1) is 8.58. The highest BCUT2D eigenvalue weighted by molar-refractivity contribution is 9.10. The van der Waals surface area contributed by atoms with Crippen molar-refractivity contribution in [2.45, 2.75) is 0 Å². The number of carbonyl (C=O) groups is 2. The van der Waals surface area contributed by atoms with Crippen LogP contribution >= 0.6 is 15.9 Å². The van der Waals surface area contributed by atoms with Crippen LogP contribution < -0.4 is 4.74 Å². The van der Waals surface area contributed by atoms with Crippen molar-refractivity contribution < 1.29 is 24.0 Å². The molecule has 1 aromatic carbocycles. The minimum Gasteiger partial charge on any atom is -0.475 e. The number of aromatic nitrogens is 1. The fourth-order valence-electron chi connectivity index (χ4n) is 1.15. The number of carboxylic acid groups (broad SMARTS) is 1. The third-order valence-electron chi connectivity index (χ3n) is 1.97. The van der Waals surface area contributed by atoms with Crippen molar-refractivity contribution in [2.24, 2.45) is 0 Å². The lowest BCUT2D eigenvalue weighted by Gasteiger charge is -2.03. The summed E-state index contributed by atoms with van der Waals surface area (Å²) in [6, 6.07) is 7.74. The number of aromatic carboxylic acids is 1. The maximum absolute atomic E-state index is 11.6. The van der Waals surface area contributed by atoms with E-state index in [0.717, 1.165) is 6.07 Å². The van der Waals surface area contributed by atoms with Crippen molar-refractivity contribution in [3.05, 3.63) is 46.3 Å². The van der Waals surface area contributed by atoms with Gasteiger partial charge in [0.1, 0.15) is 5.75 Å². The Morgan fingerprint density at radius 3 is 2.67 bits per heavy atom. The number of esters is 1. The van der Waals surface area contributed by atoms with Crippen LogP contribution in [0, 0.1) is 0 Å². The standard InChI is InChI=1S/C11H6BrNO5/c12-6-3-1-2-4-8(6)17-11(16)7-5-9(10(14)15)18-13-7/h1-5H,(H,14,15). The summed E-state index contributed by atoms with van der Waals surface area (Å²) in [4.78, 5) is 22.2. The zero-order valence-electron chi connectivity index (χ0n) is 8.79. The molecule has 0 atom stereocenters. The number of carboxylic acids is 1. The van der Waals surface area contributed by atoms with E-state index in [9.17, 15) is 9.59 Å². The van der Waals surface area contributed by atoms with Gasteiger partial charge in [-0.1, -0.05) is 17.3 Å². The van der Waals surface area contributed by atoms with Gasteiger partial charge in [-0.05, 0) is 28.1 Å². The van der Waals surface area contributed by atoms with Crippen LogP contribution in [0.4, 0.5) is 0 Å². The number of rotatable bonds is 3. The molecule has 2 aromatic rings. The Bertz CT molecular complexity index is 607. The van der Waals surface area contributed by atoms with Crippen LogP contribution in [-0.4, -0.2) is 22.2 Å². The minimum atomic E-state index is -1.30. The van der Waals surface area contributed by atoms with Gasteiger partial charge >= 0.3 is 11.9 Å². The fraction of sp³-hybridized carbons (Fsp3) is 0. The van der Waals surface area contributed by atoms with Gasteiger partial charge in [-0.15, -0.1) is 0 Å². The summed E-state index contributed by atoms with van der Waals surface area (Å²) >= 11 is 3.21. The van der Waals surface area contributed by atoms with Crippen molar-refractivity contribution in [3.8, 4) is 5.75 Å². The SMILES string of the molecule is O=C(Oc1ccccc1Br)c1cc(C(=O)O)on1. The third-order valence-corrected chi connectivity index (χ3v) is 2.62. The lowest BCUT2D eigenvalue weighted by molar-refractivity contribution is 0.0647. The van der Waals surface area contributed by atoms with Gasteiger partial charge in [-0.2, -0.15) is 0 Å². The van der Waals surface area contributed by atoms with Crippen LogP contribution in [0.15, 0.2) is 39.3 Å². The number of carbonyl (C=O) groups excluding carboxylic acids is 1. The molecule has 0 fully saturated rings. The summed E-state index contributed by atoms with van der Waals surface area (Å²) in [6.45, 7) is 0. The lowest BCUT2D eigenvalue weighted by atomic mass is 10.3. The van der Waals surface area contributed by atoms with Crippen LogP contribution in [0.5, 0.6) is 5.75 Å². The van der Waals surface area contributed by atoms with Crippen molar-refractivity contribution in [2.75, 3.05) is 0 Å². The van der Waals surface area contributed by atoms with Gasteiger partial charge in [-0.3, -0.25) is 0 Å². The molecular weight excluding hydrogens is 306 g/mol. The third kappa shape index (κ3) is 2.57. The highest BCUT2D eigenvalue weighted by Gasteiger charge is 2.18. The molecule has 6 nitrogen and oxygen atoms in total. The summed E-state index contributed by atoms with van der Waals surface area (Å²) in [5.74, 6) is -2.21. The molecule has 2 rings (SSSR count).